The van der Waals surface area contributed by atoms with Crippen LogP contribution in [0.5, 0.6) is 0 Å². The van der Waals surface area contributed by atoms with Crippen molar-refractivity contribution in [1.29, 1.82) is 0 Å². The van der Waals surface area contributed by atoms with Gasteiger partial charge in [-0.1, -0.05) is 0 Å². The molecule has 0 aromatic carbocycles. The van der Waals surface area contributed by atoms with Crippen LogP contribution < -0.4 is 10.6 Å². The number of pyridine rings is 2. The molecule has 1 fully saturated rings. The first-order chi connectivity index (χ1) is 15.6. The van der Waals surface area contributed by atoms with Crippen molar-refractivity contribution in [3.05, 3.63) is 54.7 Å². The fourth-order valence-electron chi connectivity index (χ4n) is 3.83. The highest BCUT2D eigenvalue weighted by Gasteiger charge is 2.21. The van der Waals surface area contributed by atoms with Gasteiger partial charge in [0.05, 0.1) is 42.7 Å². The van der Waals surface area contributed by atoms with E-state index in [0.717, 1.165) is 29.9 Å². The fourth-order valence-corrected chi connectivity index (χ4v) is 3.83. The summed E-state index contributed by atoms with van der Waals surface area (Å²) >= 11 is 0. The third kappa shape index (κ3) is 3.71. The van der Waals surface area contributed by atoms with Gasteiger partial charge in [-0.3, -0.25) is 19.6 Å². The molecule has 0 saturated carbocycles. The summed E-state index contributed by atoms with van der Waals surface area (Å²) in [5.74, 6) is -0.615. The largest absolute Gasteiger partial charge is 0.378 e. The van der Waals surface area contributed by atoms with Gasteiger partial charge in [-0.2, -0.15) is 10.2 Å². The lowest BCUT2D eigenvalue weighted by atomic mass is 10.0. The maximum atomic E-state index is 12.3. The lowest BCUT2D eigenvalue weighted by Crippen LogP contribution is -2.36. The molecule has 5 rings (SSSR count). The van der Waals surface area contributed by atoms with Crippen molar-refractivity contribution in [3.8, 4) is 33.8 Å². The van der Waals surface area contributed by atoms with Gasteiger partial charge in [-0.05, 0) is 24.3 Å². The van der Waals surface area contributed by atoms with Crippen molar-refractivity contribution in [3.63, 3.8) is 0 Å². The standard InChI is InChI=1S/C22H22N8O2/c1-29-13-17(16-3-5-18(14-10-25-26-11-14)27-21(16)22(23)31)20(28-29)19-4-2-15(12-24-19)30-6-8-32-9-7-30/h2-5,10-13H,6-9H2,1H3,(H2,23,31)(H,25,26). The van der Waals surface area contributed by atoms with E-state index in [9.17, 15) is 4.79 Å². The number of amides is 1. The Labute approximate surface area is 184 Å². The van der Waals surface area contributed by atoms with Crippen LogP contribution >= 0.6 is 0 Å². The van der Waals surface area contributed by atoms with Crippen molar-refractivity contribution in [2.45, 2.75) is 0 Å². The summed E-state index contributed by atoms with van der Waals surface area (Å²) in [4.78, 5) is 23.7. The molecule has 4 aromatic heterocycles. The van der Waals surface area contributed by atoms with E-state index < -0.39 is 5.91 Å². The van der Waals surface area contributed by atoms with Gasteiger partial charge >= 0.3 is 0 Å². The quantitative estimate of drug-likeness (QED) is 0.495. The molecule has 4 aromatic rings. The summed E-state index contributed by atoms with van der Waals surface area (Å²) in [6, 6.07) is 7.63. The summed E-state index contributed by atoms with van der Waals surface area (Å²) in [7, 11) is 1.83. The number of morpholine rings is 1. The molecule has 1 amide bonds. The smallest absolute Gasteiger partial charge is 0.267 e. The van der Waals surface area contributed by atoms with Gasteiger partial charge < -0.3 is 15.4 Å². The van der Waals surface area contributed by atoms with Crippen LogP contribution in [0.3, 0.4) is 0 Å². The first-order valence-corrected chi connectivity index (χ1v) is 10.2. The van der Waals surface area contributed by atoms with Gasteiger partial charge in [0.1, 0.15) is 11.4 Å². The zero-order chi connectivity index (χ0) is 22.1. The maximum absolute atomic E-state index is 12.3. The first-order valence-electron chi connectivity index (χ1n) is 10.2. The van der Waals surface area contributed by atoms with Crippen molar-refractivity contribution < 1.29 is 9.53 Å². The van der Waals surface area contributed by atoms with Crippen LogP contribution in [-0.2, 0) is 11.8 Å². The predicted octanol–water partition coefficient (Wildman–Crippen LogP) is 1.87. The molecule has 0 unspecified atom stereocenters. The number of nitrogens with zero attached hydrogens (tertiary/aromatic N) is 6. The van der Waals surface area contributed by atoms with Crippen LogP contribution in [0.25, 0.3) is 33.8 Å². The minimum Gasteiger partial charge on any atom is -0.378 e. The molecule has 0 spiro atoms. The number of ether oxygens (including phenoxy) is 1. The highest BCUT2D eigenvalue weighted by molar-refractivity contribution is 6.00. The molecular weight excluding hydrogens is 408 g/mol. The molecule has 162 valence electrons. The highest BCUT2D eigenvalue weighted by Crippen LogP contribution is 2.33. The van der Waals surface area contributed by atoms with E-state index in [1.165, 1.54) is 0 Å². The molecule has 0 radical (unpaired) electrons. The average molecular weight is 430 g/mol. The molecule has 0 atom stereocenters. The van der Waals surface area contributed by atoms with Crippen molar-refractivity contribution in [1.82, 2.24) is 29.9 Å². The Morgan fingerprint density at radius 3 is 2.59 bits per heavy atom. The molecular formula is C22H22N8O2. The van der Waals surface area contributed by atoms with E-state index in [1.807, 2.05) is 43.7 Å². The molecule has 0 aliphatic carbocycles. The third-order valence-electron chi connectivity index (χ3n) is 5.41. The Morgan fingerprint density at radius 2 is 1.91 bits per heavy atom. The zero-order valence-corrected chi connectivity index (χ0v) is 17.5. The van der Waals surface area contributed by atoms with Crippen LogP contribution in [0.1, 0.15) is 10.5 Å². The Hall–Kier alpha value is -4.05. The molecule has 10 nitrogen and oxygen atoms in total. The zero-order valence-electron chi connectivity index (χ0n) is 17.5. The number of rotatable bonds is 5. The molecule has 3 N–H and O–H groups in total. The molecule has 5 heterocycles. The van der Waals surface area contributed by atoms with Gasteiger partial charge in [0.25, 0.3) is 5.91 Å². The number of anilines is 1. The topological polar surface area (TPSA) is 128 Å². The lowest BCUT2D eigenvalue weighted by molar-refractivity contribution is 0.0996. The van der Waals surface area contributed by atoms with Gasteiger partial charge in [0, 0.05) is 49.2 Å². The van der Waals surface area contributed by atoms with Gasteiger partial charge in [0.2, 0.25) is 0 Å². The van der Waals surface area contributed by atoms with Gasteiger partial charge in [-0.15, -0.1) is 0 Å². The summed E-state index contributed by atoms with van der Waals surface area (Å²) in [5.41, 5.74) is 11.0. The second kappa shape index (κ2) is 8.23. The van der Waals surface area contributed by atoms with E-state index in [4.69, 9.17) is 10.5 Å². The number of carbonyl (C=O) groups is 1. The number of aromatic amines is 1. The Balaban J connectivity index is 1.54. The van der Waals surface area contributed by atoms with E-state index in [0.29, 0.717) is 35.9 Å². The second-order valence-corrected chi connectivity index (χ2v) is 7.51. The molecule has 0 bridgehead atoms. The van der Waals surface area contributed by atoms with Crippen molar-refractivity contribution in [2.75, 3.05) is 31.2 Å². The number of H-pyrrole nitrogens is 1. The number of carbonyl (C=O) groups excluding carboxylic acids is 1. The van der Waals surface area contributed by atoms with E-state index in [1.54, 1.807) is 17.1 Å². The maximum Gasteiger partial charge on any atom is 0.267 e. The van der Waals surface area contributed by atoms with Gasteiger partial charge in [-0.25, -0.2) is 4.98 Å². The molecule has 32 heavy (non-hydrogen) atoms. The number of aromatic nitrogens is 6. The molecule has 1 aliphatic heterocycles. The second-order valence-electron chi connectivity index (χ2n) is 7.51. The molecule has 1 aliphatic rings. The first kappa shape index (κ1) is 19.9. The lowest BCUT2D eigenvalue weighted by Gasteiger charge is -2.28. The predicted molar refractivity (Wildman–Crippen MR) is 119 cm³/mol. The monoisotopic (exact) mass is 430 g/mol. The number of hydrogen-bond acceptors (Lipinski definition) is 7. The number of aryl methyl sites for hydroxylation is 1. The molecule has 1 saturated heterocycles. The Bertz CT molecular complexity index is 1240. The fraction of sp³-hybridized carbons (Fsp3) is 0.227. The average Bonchev–Trinajstić information content (AvgIpc) is 3.49. The highest BCUT2D eigenvalue weighted by atomic mass is 16.5. The van der Waals surface area contributed by atoms with E-state index >= 15 is 0 Å². The normalized spacial score (nSPS) is 14.0. The third-order valence-corrected chi connectivity index (χ3v) is 5.41. The van der Waals surface area contributed by atoms with Crippen LogP contribution in [0, 0.1) is 0 Å². The minimum atomic E-state index is -0.615. The van der Waals surface area contributed by atoms with Crippen LogP contribution in [0.15, 0.2) is 49.1 Å². The summed E-state index contributed by atoms with van der Waals surface area (Å²) in [5, 5.41) is 11.3. The van der Waals surface area contributed by atoms with E-state index in [2.05, 4.69) is 30.2 Å². The summed E-state index contributed by atoms with van der Waals surface area (Å²) < 4.78 is 7.11. The van der Waals surface area contributed by atoms with Crippen LogP contribution in [0.4, 0.5) is 5.69 Å². The number of nitrogens with two attached hydrogens (primary N) is 1. The van der Waals surface area contributed by atoms with Gasteiger partial charge in [0.15, 0.2) is 0 Å². The van der Waals surface area contributed by atoms with Crippen LogP contribution in [-0.4, -0.2) is 62.2 Å². The number of hydrogen-bond donors (Lipinski definition) is 2. The SMILES string of the molecule is Cn1cc(-c2ccc(-c3cn[nH]c3)nc2C(N)=O)c(-c2ccc(N3CCOCC3)cn2)n1. The number of primary amides is 1. The van der Waals surface area contributed by atoms with E-state index in [-0.39, 0.29) is 5.69 Å². The molecule has 10 heteroatoms. The van der Waals surface area contributed by atoms with Crippen molar-refractivity contribution in [2.24, 2.45) is 12.8 Å². The summed E-state index contributed by atoms with van der Waals surface area (Å²) in [6.07, 6.45) is 7.03. The Kier molecular flexibility index (Phi) is 5.12. The summed E-state index contributed by atoms with van der Waals surface area (Å²) in [6.45, 7) is 3.10. The van der Waals surface area contributed by atoms with Crippen molar-refractivity contribution >= 4 is 11.6 Å². The van der Waals surface area contributed by atoms with Crippen LogP contribution in [0.2, 0.25) is 0 Å². The Morgan fingerprint density at radius 1 is 1.09 bits per heavy atom. The number of nitrogens with one attached hydrogen (secondary N) is 1. The minimum absolute atomic E-state index is 0.169.